The molecule has 2 N–H and O–H groups in total. The summed E-state index contributed by atoms with van der Waals surface area (Å²) in [5.41, 5.74) is 9.21. The molecule has 4 nitrogen and oxygen atoms in total. The molecule has 0 spiro atoms. The van der Waals surface area contributed by atoms with Crippen LogP contribution >= 0.6 is 11.3 Å². The van der Waals surface area contributed by atoms with Crippen molar-refractivity contribution in [3.05, 3.63) is 23.2 Å². The van der Waals surface area contributed by atoms with E-state index in [0.29, 0.717) is 17.9 Å². The number of fused-ring (bicyclic) bond motifs is 1. The van der Waals surface area contributed by atoms with E-state index in [9.17, 15) is 4.79 Å². The van der Waals surface area contributed by atoms with Crippen molar-refractivity contribution in [3.8, 4) is 0 Å². The van der Waals surface area contributed by atoms with Gasteiger partial charge >= 0.3 is 5.97 Å². The van der Waals surface area contributed by atoms with Gasteiger partial charge in [-0.1, -0.05) is 0 Å². The number of carbonyl (C=O) groups is 1. The van der Waals surface area contributed by atoms with Crippen LogP contribution in [0.4, 0.5) is 5.69 Å². The van der Waals surface area contributed by atoms with Crippen molar-refractivity contribution >= 4 is 33.2 Å². The maximum Gasteiger partial charge on any atom is 0.338 e. The zero-order valence-corrected chi connectivity index (χ0v) is 9.00. The van der Waals surface area contributed by atoms with E-state index in [1.165, 1.54) is 11.3 Å². The Kier molecular flexibility index (Phi) is 2.55. The second-order valence-electron chi connectivity index (χ2n) is 2.99. The number of nitrogens with two attached hydrogens (primary N) is 1. The van der Waals surface area contributed by atoms with Crippen LogP contribution < -0.4 is 5.73 Å². The Morgan fingerprint density at radius 2 is 2.40 bits per heavy atom. The van der Waals surface area contributed by atoms with Crippen LogP contribution in [0.25, 0.3) is 10.2 Å². The Bertz CT molecular complexity index is 507. The minimum absolute atomic E-state index is 0.348. The van der Waals surface area contributed by atoms with Gasteiger partial charge in [0.05, 0.1) is 28.1 Å². The molecule has 0 unspecified atom stereocenters. The maximum atomic E-state index is 11.5. The summed E-state index contributed by atoms with van der Waals surface area (Å²) in [6, 6.07) is 3.35. The van der Waals surface area contributed by atoms with Crippen LogP contribution in [-0.2, 0) is 4.74 Å². The number of anilines is 1. The van der Waals surface area contributed by atoms with Crippen molar-refractivity contribution in [2.75, 3.05) is 12.3 Å². The minimum Gasteiger partial charge on any atom is -0.462 e. The summed E-state index contributed by atoms with van der Waals surface area (Å²) in [5.74, 6) is -0.348. The number of aromatic nitrogens is 1. The summed E-state index contributed by atoms with van der Waals surface area (Å²) >= 11 is 1.45. The maximum absolute atomic E-state index is 11.5. The highest BCUT2D eigenvalue weighted by molar-refractivity contribution is 7.16. The summed E-state index contributed by atoms with van der Waals surface area (Å²) in [6.07, 6.45) is 0. The highest BCUT2D eigenvalue weighted by Crippen LogP contribution is 2.25. The summed E-state index contributed by atoms with van der Waals surface area (Å²) in [5, 5.41) is 0. The van der Waals surface area contributed by atoms with Gasteiger partial charge in [0, 0.05) is 0 Å². The van der Waals surface area contributed by atoms with Gasteiger partial charge in [0.15, 0.2) is 0 Å². The lowest BCUT2D eigenvalue weighted by Gasteiger charge is -2.02. The summed E-state index contributed by atoms with van der Waals surface area (Å²) in [4.78, 5) is 15.6. The smallest absolute Gasteiger partial charge is 0.338 e. The molecule has 0 atom stereocenters. The van der Waals surface area contributed by atoms with Gasteiger partial charge in [0.1, 0.15) is 5.52 Å². The predicted molar refractivity (Wildman–Crippen MR) is 60.0 cm³/mol. The molecule has 78 valence electrons. The van der Waals surface area contributed by atoms with Crippen LogP contribution in [0, 0.1) is 0 Å². The molecule has 1 heterocycles. The first kappa shape index (κ1) is 9.92. The standard InChI is InChI=1S/C10H10N2O2S/c1-2-14-10(13)6-3-7(11)9-8(4-6)15-5-12-9/h3-5H,2,11H2,1H3. The van der Waals surface area contributed by atoms with E-state index in [-0.39, 0.29) is 5.97 Å². The first-order chi connectivity index (χ1) is 7.22. The fraction of sp³-hybridized carbons (Fsp3) is 0.200. The molecule has 1 aromatic heterocycles. The average molecular weight is 222 g/mol. The first-order valence-corrected chi connectivity index (χ1v) is 5.40. The molecule has 0 aliphatic rings. The Morgan fingerprint density at radius 3 is 3.13 bits per heavy atom. The highest BCUT2D eigenvalue weighted by Gasteiger charge is 2.10. The molecule has 0 amide bonds. The third kappa shape index (κ3) is 1.78. The van der Waals surface area contributed by atoms with Gasteiger partial charge in [-0.3, -0.25) is 0 Å². The minimum atomic E-state index is -0.348. The topological polar surface area (TPSA) is 65.2 Å². The second kappa shape index (κ2) is 3.86. The van der Waals surface area contributed by atoms with Crippen LogP contribution in [0.15, 0.2) is 17.6 Å². The Balaban J connectivity index is 2.49. The van der Waals surface area contributed by atoms with E-state index in [1.54, 1.807) is 24.6 Å². The molecule has 0 aliphatic carbocycles. The number of esters is 1. The number of benzene rings is 1. The molecule has 2 aromatic rings. The van der Waals surface area contributed by atoms with Gasteiger partial charge in [0.25, 0.3) is 0 Å². The van der Waals surface area contributed by atoms with E-state index in [0.717, 1.165) is 10.2 Å². The van der Waals surface area contributed by atoms with Crippen LogP contribution in [0.1, 0.15) is 17.3 Å². The van der Waals surface area contributed by atoms with Gasteiger partial charge in [-0.2, -0.15) is 0 Å². The monoisotopic (exact) mass is 222 g/mol. The third-order valence-corrected chi connectivity index (χ3v) is 2.75. The normalized spacial score (nSPS) is 10.5. The van der Waals surface area contributed by atoms with E-state index >= 15 is 0 Å². The zero-order chi connectivity index (χ0) is 10.8. The molecule has 0 radical (unpaired) electrons. The lowest BCUT2D eigenvalue weighted by Crippen LogP contribution is -2.05. The van der Waals surface area contributed by atoms with Crippen LogP contribution in [0.3, 0.4) is 0 Å². The lowest BCUT2D eigenvalue weighted by atomic mass is 10.2. The molecule has 0 aliphatic heterocycles. The molecular formula is C10H10N2O2S. The number of ether oxygens (including phenoxy) is 1. The number of thiazole rings is 1. The third-order valence-electron chi connectivity index (χ3n) is 1.98. The van der Waals surface area contributed by atoms with E-state index in [2.05, 4.69) is 4.98 Å². The molecular weight excluding hydrogens is 212 g/mol. The number of nitrogens with zero attached hydrogens (tertiary/aromatic N) is 1. The first-order valence-electron chi connectivity index (χ1n) is 4.52. The second-order valence-corrected chi connectivity index (χ2v) is 3.87. The van der Waals surface area contributed by atoms with Gasteiger partial charge < -0.3 is 10.5 Å². The van der Waals surface area contributed by atoms with E-state index < -0.39 is 0 Å². The van der Waals surface area contributed by atoms with Crippen molar-refractivity contribution in [1.82, 2.24) is 4.98 Å². The van der Waals surface area contributed by atoms with Crippen LogP contribution in [-0.4, -0.2) is 17.6 Å². The SMILES string of the molecule is CCOC(=O)c1cc(N)c2ncsc2c1. The molecule has 0 saturated carbocycles. The fourth-order valence-corrected chi connectivity index (χ4v) is 2.07. The average Bonchev–Trinajstić information content (AvgIpc) is 2.66. The summed E-state index contributed by atoms with van der Waals surface area (Å²) < 4.78 is 5.80. The highest BCUT2D eigenvalue weighted by atomic mass is 32.1. The molecule has 0 saturated heterocycles. The molecule has 5 heteroatoms. The molecule has 0 bridgehead atoms. The van der Waals surface area contributed by atoms with Gasteiger partial charge in [0.2, 0.25) is 0 Å². The van der Waals surface area contributed by atoms with Crippen molar-refractivity contribution < 1.29 is 9.53 Å². The van der Waals surface area contributed by atoms with Gasteiger partial charge in [-0.05, 0) is 19.1 Å². The predicted octanol–water partition coefficient (Wildman–Crippen LogP) is 2.06. The number of rotatable bonds is 2. The molecule has 2 rings (SSSR count). The Labute approximate surface area is 90.7 Å². The summed E-state index contributed by atoms with van der Waals surface area (Å²) in [7, 11) is 0. The van der Waals surface area contributed by atoms with Crippen molar-refractivity contribution in [2.24, 2.45) is 0 Å². The fourth-order valence-electron chi connectivity index (χ4n) is 1.33. The number of nitrogen functional groups attached to an aromatic ring is 1. The van der Waals surface area contributed by atoms with Crippen molar-refractivity contribution in [3.63, 3.8) is 0 Å². The molecule has 1 aromatic carbocycles. The Hall–Kier alpha value is -1.62. The largest absolute Gasteiger partial charge is 0.462 e. The van der Waals surface area contributed by atoms with Crippen LogP contribution in [0.5, 0.6) is 0 Å². The number of hydrogen-bond donors (Lipinski definition) is 1. The van der Waals surface area contributed by atoms with Crippen molar-refractivity contribution in [2.45, 2.75) is 6.92 Å². The summed E-state index contributed by atoms with van der Waals surface area (Å²) in [6.45, 7) is 2.13. The molecule has 15 heavy (non-hydrogen) atoms. The zero-order valence-electron chi connectivity index (χ0n) is 8.19. The number of carbonyl (C=O) groups excluding carboxylic acids is 1. The van der Waals surface area contributed by atoms with E-state index in [1.807, 2.05) is 0 Å². The van der Waals surface area contributed by atoms with Crippen LogP contribution in [0.2, 0.25) is 0 Å². The Morgan fingerprint density at radius 1 is 1.60 bits per heavy atom. The van der Waals surface area contributed by atoms with Gasteiger partial charge in [-0.15, -0.1) is 11.3 Å². The quantitative estimate of drug-likeness (QED) is 0.624. The van der Waals surface area contributed by atoms with Gasteiger partial charge in [-0.25, -0.2) is 9.78 Å². The lowest BCUT2D eigenvalue weighted by molar-refractivity contribution is 0.0526. The molecule has 0 fully saturated rings. The van der Waals surface area contributed by atoms with E-state index in [4.69, 9.17) is 10.5 Å². The number of hydrogen-bond acceptors (Lipinski definition) is 5. The van der Waals surface area contributed by atoms with Crippen molar-refractivity contribution in [1.29, 1.82) is 0 Å².